The Kier molecular flexibility index (Phi) is 4.49. The second kappa shape index (κ2) is 6.32. The molecule has 6 nitrogen and oxygen atoms in total. The lowest BCUT2D eigenvalue weighted by Gasteiger charge is -2.06. The van der Waals surface area contributed by atoms with E-state index in [2.05, 4.69) is 10.1 Å². The molecule has 2 aromatic rings. The van der Waals surface area contributed by atoms with E-state index in [-0.39, 0.29) is 10.6 Å². The van der Waals surface area contributed by atoms with E-state index in [1.165, 1.54) is 19.4 Å². The molecule has 1 amide bonds. The van der Waals surface area contributed by atoms with Gasteiger partial charge in [-0.05, 0) is 24.3 Å². The van der Waals surface area contributed by atoms with Crippen LogP contribution in [0.15, 0.2) is 34.9 Å². The van der Waals surface area contributed by atoms with Crippen molar-refractivity contribution in [2.24, 2.45) is 5.73 Å². The minimum atomic E-state index is -0.583. The van der Waals surface area contributed by atoms with E-state index >= 15 is 0 Å². The largest absolute Gasteiger partial charge is 0.467 e. The maximum Gasteiger partial charge on any atom is 0.341 e. The lowest BCUT2D eigenvalue weighted by Crippen LogP contribution is -2.11. The fourth-order valence-electron chi connectivity index (χ4n) is 1.71. The van der Waals surface area contributed by atoms with Crippen molar-refractivity contribution in [2.75, 3.05) is 12.4 Å². The van der Waals surface area contributed by atoms with Crippen molar-refractivity contribution in [3.05, 3.63) is 52.4 Å². The number of anilines is 1. The van der Waals surface area contributed by atoms with Gasteiger partial charge in [0.2, 0.25) is 5.91 Å². The zero-order chi connectivity index (χ0) is 15.4. The Labute approximate surface area is 125 Å². The number of methoxy groups -OCH3 is 1. The number of nitrogens with two attached hydrogens (primary N) is 1. The molecule has 1 heterocycles. The molecule has 0 bridgehead atoms. The third kappa shape index (κ3) is 3.55. The Bertz CT molecular complexity index is 681. The SMILES string of the molecule is COC(=O)c1coc(CNc2ccc(C(N)=O)c(Cl)c2)c1. The van der Waals surface area contributed by atoms with Gasteiger partial charge in [0.1, 0.15) is 12.0 Å². The number of benzene rings is 1. The van der Waals surface area contributed by atoms with Crippen LogP contribution in [-0.4, -0.2) is 19.0 Å². The molecule has 3 N–H and O–H groups in total. The number of hydrogen-bond donors (Lipinski definition) is 2. The van der Waals surface area contributed by atoms with Gasteiger partial charge in [0.25, 0.3) is 0 Å². The summed E-state index contributed by atoms with van der Waals surface area (Å²) in [6.07, 6.45) is 1.33. The molecule has 0 saturated heterocycles. The number of carbonyl (C=O) groups excluding carboxylic acids is 2. The van der Waals surface area contributed by atoms with Gasteiger partial charge >= 0.3 is 5.97 Å². The van der Waals surface area contributed by atoms with Crippen molar-refractivity contribution < 1.29 is 18.7 Å². The Balaban J connectivity index is 2.03. The van der Waals surface area contributed by atoms with Crippen LogP contribution in [0.1, 0.15) is 26.5 Å². The molecular formula is C14H13ClN2O4. The van der Waals surface area contributed by atoms with Gasteiger partial charge in [-0.15, -0.1) is 0 Å². The molecule has 2 rings (SSSR count). The predicted octanol–water partition coefficient (Wildman–Crippen LogP) is 2.43. The zero-order valence-electron chi connectivity index (χ0n) is 11.2. The molecule has 1 aromatic carbocycles. The number of hydrogen-bond acceptors (Lipinski definition) is 5. The van der Waals surface area contributed by atoms with Crippen molar-refractivity contribution in [3.8, 4) is 0 Å². The monoisotopic (exact) mass is 308 g/mol. The first kappa shape index (κ1) is 14.9. The van der Waals surface area contributed by atoms with Gasteiger partial charge in [0, 0.05) is 5.69 Å². The maximum atomic E-state index is 11.3. The summed E-state index contributed by atoms with van der Waals surface area (Å²) in [5.74, 6) is -0.482. The summed E-state index contributed by atoms with van der Waals surface area (Å²) < 4.78 is 9.81. The Morgan fingerprint density at radius 2 is 2.14 bits per heavy atom. The number of furan rings is 1. The van der Waals surface area contributed by atoms with Crippen molar-refractivity contribution >= 4 is 29.2 Å². The number of amides is 1. The second-order valence-corrected chi connectivity index (χ2v) is 4.61. The minimum absolute atomic E-state index is 0.258. The summed E-state index contributed by atoms with van der Waals surface area (Å²) in [7, 11) is 1.30. The van der Waals surface area contributed by atoms with Crippen LogP contribution in [0.3, 0.4) is 0 Å². The highest BCUT2D eigenvalue weighted by Crippen LogP contribution is 2.21. The molecule has 0 aliphatic carbocycles. The van der Waals surface area contributed by atoms with Crippen LogP contribution in [0.25, 0.3) is 0 Å². The average molecular weight is 309 g/mol. The summed E-state index contributed by atoms with van der Waals surface area (Å²) >= 11 is 5.95. The Morgan fingerprint density at radius 1 is 1.38 bits per heavy atom. The number of ether oxygens (including phenoxy) is 1. The highest BCUT2D eigenvalue weighted by Gasteiger charge is 2.11. The molecule has 0 aliphatic rings. The minimum Gasteiger partial charge on any atom is -0.467 e. The van der Waals surface area contributed by atoms with Crippen molar-refractivity contribution in [3.63, 3.8) is 0 Å². The third-order valence-corrected chi connectivity index (χ3v) is 3.09. The highest BCUT2D eigenvalue weighted by molar-refractivity contribution is 6.34. The lowest BCUT2D eigenvalue weighted by molar-refractivity contribution is 0.0600. The molecule has 0 spiro atoms. The molecular weight excluding hydrogens is 296 g/mol. The molecule has 0 aliphatic heterocycles. The topological polar surface area (TPSA) is 94.6 Å². The van der Waals surface area contributed by atoms with Crippen LogP contribution < -0.4 is 11.1 Å². The first-order valence-electron chi connectivity index (χ1n) is 6.00. The van der Waals surface area contributed by atoms with Crippen LogP contribution in [0.5, 0.6) is 0 Å². The normalized spacial score (nSPS) is 10.2. The van der Waals surface area contributed by atoms with Gasteiger partial charge in [0.15, 0.2) is 0 Å². The summed E-state index contributed by atoms with van der Waals surface area (Å²) in [4.78, 5) is 22.3. The van der Waals surface area contributed by atoms with Crippen LogP contribution in [-0.2, 0) is 11.3 Å². The second-order valence-electron chi connectivity index (χ2n) is 4.21. The molecule has 0 atom stereocenters. The van der Waals surface area contributed by atoms with Crippen molar-refractivity contribution in [2.45, 2.75) is 6.54 Å². The number of halogens is 1. The van der Waals surface area contributed by atoms with E-state index in [1.807, 2.05) is 0 Å². The first-order chi connectivity index (χ1) is 10.0. The quantitative estimate of drug-likeness (QED) is 0.827. The summed E-state index contributed by atoms with van der Waals surface area (Å²) in [5, 5.41) is 3.32. The van der Waals surface area contributed by atoms with E-state index in [0.717, 1.165) is 0 Å². The molecule has 0 unspecified atom stereocenters. The molecule has 0 radical (unpaired) electrons. The van der Waals surface area contributed by atoms with Gasteiger partial charge in [-0.2, -0.15) is 0 Å². The summed E-state index contributed by atoms with van der Waals surface area (Å²) in [5.41, 5.74) is 6.47. The van der Waals surface area contributed by atoms with Crippen LogP contribution in [0.2, 0.25) is 5.02 Å². The van der Waals surface area contributed by atoms with Gasteiger partial charge in [-0.25, -0.2) is 4.79 Å². The number of nitrogens with one attached hydrogen (secondary N) is 1. The van der Waals surface area contributed by atoms with Gasteiger partial charge < -0.3 is 20.2 Å². The fourth-order valence-corrected chi connectivity index (χ4v) is 1.99. The smallest absolute Gasteiger partial charge is 0.341 e. The van der Waals surface area contributed by atoms with E-state index < -0.39 is 11.9 Å². The standard InChI is InChI=1S/C14H13ClN2O4/c1-20-14(19)8-4-10(21-7-8)6-17-9-2-3-11(13(16)18)12(15)5-9/h2-5,7,17H,6H2,1H3,(H2,16,18). The predicted molar refractivity (Wildman–Crippen MR) is 77.3 cm³/mol. The highest BCUT2D eigenvalue weighted by atomic mass is 35.5. The summed E-state index contributed by atoms with van der Waals surface area (Å²) in [6.45, 7) is 0.350. The van der Waals surface area contributed by atoms with Crippen molar-refractivity contribution in [1.82, 2.24) is 0 Å². The van der Waals surface area contributed by atoms with Crippen LogP contribution in [0.4, 0.5) is 5.69 Å². The summed E-state index contributed by atoms with van der Waals surface area (Å²) in [6, 6.07) is 6.38. The van der Waals surface area contributed by atoms with E-state index in [1.54, 1.807) is 18.2 Å². The van der Waals surface area contributed by atoms with E-state index in [4.69, 9.17) is 21.8 Å². The number of primary amides is 1. The maximum absolute atomic E-state index is 11.3. The number of rotatable bonds is 5. The fraction of sp³-hybridized carbons (Fsp3) is 0.143. The molecule has 1 aromatic heterocycles. The van der Waals surface area contributed by atoms with Gasteiger partial charge in [-0.1, -0.05) is 11.6 Å². The van der Waals surface area contributed by atoms with Crippen LogP contribution >= 0.6 is 11.6 Å². The number of carbonyl (C=O) groups is 2. The molecule has 21 heavy (non-hydrogen) atoms. The third-order valence-electron chi connectivity index (χ3n) is 2.78. The Hall–Kier alpha value is -2.47. The van der Waals surface area contributed by atoms with E-state index in [9.17, 15) is 9.59 Å². The average Bonchev–Trinajstić information content (AvgIpc) is 2.92. The molecule has 0 fully saturated rings. The molecule has 110 valence electrons. The first-order valence-corrected chi connectivity index (χ1v) is 6.38. The van der Waals surface area contributed by atoms with Crippen molar-refractivity contribution in [1.29, 1.82) is 0 Å². The van der Waals surface area contributed by atoms with E-state index in [0.29, 0.717) is 23.6 Å². The van der Waals surface area contributed by atoms with Gasteiger partial charge in [0.05, 0.1) is 29.8 Å². The van der Waals surface area contributed by atoms with Crippen LogP contribution in [0, 0.1) is 0 Å². The number of esters is 1. The lowest BCUT2D eigenvalue weighted by atomic mass is 10.2. The Morgan fingerprint density at radius 3 is 2.76 bits per heavy atom. The molecule has 0 saturated carbocycles. The van der Waals surface area contributed by atoms with Gasteiger partial charge in [-0.3, -0.25) is 4.79 Å². The molecule has 7 heteroatoms. The zero-order valence-corrected chi connectivity index (χ0v) is 11.9.